The average Bonchev–Trinajstić information content (AvgIpc) is 2.33. The fraction of sp³-hybridized carbons (Fsp3) is 0.467. The summed E-state index contributed by atoms with van der Waals surface area (Å²) in [7, 11) is 0. The van der Waals surface area contributed by atoms with Gasteiger partial charge in [0.15, 0.2) is 0 Å². The van der Waals surface area contributed by atoms with E-state index in [0.29, 0.717) is 6.61 Å². The number of unbranched alkanes of at least 4 members (excludes halogenated alkanes) is 3. The van der Waals surface area contributed by atoms with Gasteiger partial charge >= 0.3 is 0 Å². The molecule has 17 heavy (non-hydrogen) atoms. The first-order valence-corrected chi connectivity index (χ1v) is 6.33. The highest BCUT2D eigenvalue weighted by Crippen LogP contribution is 2.05. The molecule has 0 heterocycles. The third kappa shape index (κ3) is 6.90. The van der Waals surface area contributed by atoms with E-state index >= 15 is 0 Å². The van der Waals surface area contributed by atoms with Gasteiger partial charge in [-0.3, -0.25) is 0 Å². The van der Waals surface area contributed by atoms with Crippen LogP contribution < -0.4 is 0 Å². The summed E-state index contributed by atoms with van der Waals surface area (Å²) < 4.78 is 18.3. The van der Waals surface area contributed by atoms with Gasteiger partial charge in [0.05, 0.1) is 6.61 Å². The summed E-state index contributed by atoms with van der Waals surface area (Å²) in [6.45, 7) is 3.61. The lowest BCUT2D eigenvalue weighted by atomic mass is 10.2. The summed E-state index contributed by atoms with van der Waals surface area (Å²) in [6.07, 6.45) is 8.71. The number of benzene rings is 1. The second kappa shape index (κ2) is 8.94. The molecule has 1 nitrogen and oxygen atoms in total. The van der Waals surface area contributed by atoms with Crippen LogP contribution in [-0.4, -0.2) is 13.2 Å². The van der Waals surface area contributed by atoms with Crippen LogP contribution in [0.2, 0.25) is 0 Å². The van der Waals surface area contributed by atoms with E-state index in [0.717, 1.165) is 18.6 Å². The third-order valence-corrected chi connectivity index (χ3v) is 2.52. The molecule has 0 N–H and O–H groups in total. The normalized spacial score (nSPS) is 11.2. The summed E-state index contributed by atoms with van der Waals surface area (Å²) in [4.78, 5) is 0. The van der Waals surface area contributed by atoms with Gasteiger partial charge in [-0.2, -0.15) is 0 Å². The predicted octanol–water partition coefficient (Wildman–Crippen LogP) is 4.44. The van der Waals surface area contributed by atoms with Gasteiger partial charge in [0.2, 0.25) is 0 Å². The van der Waals surface area contributed by atoms with Gasteiger partial charge in [-0.1, -0.05) is 50.5 Å². The largest absolute Gasteiger partial charge is 0.377 e. The molecule has 1 aromatic rings. The molecule has 0 saturated carbocycles. The molecule has 0 spiro atoms. The Morgan fingerprint density at radius 3 is 2.88 bits per heavy atom. The van der Waals surface area contributed by atoms with Crippen molar-refractivity contribution in [1.82, 2.24) is 0 Å². The van der Waals surface area contributed by atoms with Crippen LogP contribution >= 0.6 is 0 Å². The monoisotopic (exact) mass is 236 g/mol. The van der Waals surface area contributed by atoms with Crippen LogP contribution in [0.5, 0.6) is 0 Å². The molecule has 94 valence electrons. The Labute approximate surface area is 103 Å². The first-order valence-electron chi connectivity index (χ1n) is 6.33. The van der Waals surface area contributed by atoms with Crippen LogP contribution in [0.15, 0.2) is 30.3 Å². The Balaban J connectivity index is 2.10. The van der Waals surface area contributed by atoms with Gasteiger partial charge in [-0.25, -0.2) is 4.39 Å². The first-order chi connectivity index (χ1) is 8.33. The fourth-order valence-corrected chi connectivity index (χ4v) is 1.58. The highest BCUT2D eigenvalue weighted by molar-refractivity contribution is 5.48. The number of hydrogen-bond donors (Lipinski definition) is 0. The number of ether oxygens (including phenoxy) is 1. The lowest BCUT2D eigenvalue weighted by Crippen LogP contribution is -1.94. The predicted molar refractivity (Wildman–Crippen MR) is 70.4 cm³/mol. The van der Waals surface area contributed by atoms with E-state index in [-0.39, 0.29) is 5.82 Å². The molecule has 0 amide bonds. The van der Waals surface area contributed by atoms with Crippen LogP contribution in [0.3, 0.4) is 0 Å². The van der Waals surface area contributed by atoms with E-state index in [9.17, 15) is 4.39 Å². The first kappa shape index (κ1) is 13.9. The number of rotatable bonds is 8. The van der Waals surface area contributed by atoms with Crippen LogP contribution in [0.1, 0.15) is 38.2 Å². The second-order valence-electron chi connectivity index (χ2n) is 4.09. The molecule has 0 aromatic heterocycles. The molecule has 0 aliphatic carbocycles. The van der Waals surface area contributed by atoms with Gasteiger partial charge in [0.25, 0.3) is 0 Å². The molecule has 2 heteroatoms. The van der Waals surface area contributed by atoms with Crippen molar-refractivity contribution in [3.05, 3.63) is 41.7 Å². The summed E-state index contributed by atoms with van der Waals surface area (Å²) in [5.74, 6) is -0.201. The minimum Gasteiger partial charge on any atom is -0.377 e. The maximum atomic E-state index is 12.9. The number of halogens is 1. The molecule has 1 rings (SSSR count). The standard InChI is InChI=1S/C15H21FO/c1-2-3-4-5-11-17-12-7-9-14-8-6-10-15(16)13-14/h6-10,13H,2-5,11-12H2,1H3. The molecule has 0 radical (unpaired) electrons. The topological polar surface area (TPSA) is 9.23 Å². The van der Waals surface area contributed by atoms with E-state index in [4.69, 9.17) is 4.74 Å². The van der Waals surface area contributed by atoms with Crippen molar-refractivity contribution in [3.8, 4) is 0 Å². The quantitative estimate of drug-likeness (QED) is 0.606. The zero-order valence-electron chi connectivity index (χ0n) is 10.5. The summed E-state index contributed by atoms with van der Waals surface area (Å²) in [6, 6.07) is 6.54. The van der Waals surface area contributed by atoms with E-state index in [1.54, 1.807) is 6.07 Å². The number of hydrogen-bond acceptors (Lipinski definition) is 1. The molecule has 1 aromatic carbocycles. The van der Waals surface area contributed by atoms with Crippen LogP contribution in [0, 0.1) is 5.82 Å². The molecule has 0 unspecified atom stereocenters. The highest BCUT2D eigenvalue weighted by Gasteiger charge is 1.90. The molecule has 0 saturated heterocycles. The van der Waals surface area contributed by atoms with E-state index in [1.807, 2.05) is 18.2 Å². The van der Waals surface area contributed by atoms with Crippen molar-refractivity contribution < 1.29 is 9.13 Å². The van der Waals surface area contributed by atoms with Gasteiger partial charge in [0.1, 0.15) is 5.82 Å². The van der Waals surface area contributed by atoms with Gasteiger partial charge in [-0.15, -0.1) is 0 Å². The SMILES string of the molecule is CCCCCCOCC=Cc1cccc(F)c1. The van der Waals surface area contributed by atoms with Crippen molar-refractivity contribution in [2.75, 3.05) is 13.2 Å². The second-order valence-corrected chi connectivity index (χ2v) is 4.09. The van der Waals surface area contributed by atoms with E-state index in [2.05, 4.69) is 6.92 Å². The smallest absolute Gasteiger partial charge is 0.123 e. The summed E-state index contributed by atoms with van der Waals surface area (Å²) >= 11 is 0. The fourth-order valence-electron chi connectivity index (χ4n) is 1.58. The molecule has 0 atom stereocenters. The molecule has 0 bridgehead atoms. The van der Waals surface area contributed by atoms with Crippen LogP contribution in [-0.2, 0) is 4.74 Å². The molecule has 0 aliphatic heterocycles. The van der Waals surface area contributed by atoms with Crippen molar-refractivity contribution in [1.29, 1.82) is 0 Å². The van der Waals surface area contributed by atoms with Gasteiger partial charge < -0.3 is 4.74 Å². The minimum atomic E-state index is -0.201. The van der Waals surface area contributed by atoms with Crippen molar-refractivity contribution in [2.24, 2.45) is 0 Å². The maximum absolute atomic E-state index is 12.9. The molecule has 0 fully saturated rings. The van der Waals surface area contributed by atoms with Gasteiger partial charge in [-0.05, 0) is 24.1 Å². The Bertz CT molecular complexity index is 333. The Morgan fingerprint density at radius 1 is 1.24 bits per heavy atom. The lowest BCUT2D eigenvalue weighted by Gasteiger charge is -2.00. The van der Waals surface area contributed by atoms with E-state index in [1.165, 1.54) is 31.4 Å². The zero-order valence-corrected chi connectivity index (χ0v) is 10.5. The molecular weight excluding hydrogens is 215 g/mol. The lowest BCUT2D eigenvalue weighted by molar-refractivity contribution is 0.157. The Kier molecular flexibility index (Phi) is 7.32. The van der Waals surface area contributed by atoms with Gasteiger partial charge in [0, 0.05) is 6.61 Å². The summed E-state index contributed by atoms with van der Waals surface area (Å²) in [5, 5.41) is 0. The third-order valence-electron chi connectivity index (χ3n) is 2.52. The van der Waals surface area contributed by atoms with Crippen LogP contribution in [0.25, 0.3) is 6.08 Å². The average molecular weight is 236 g/mol. The van der Waals surface area contributed by atoms with Crippen molar-refractivity contribution in [2.45, 2.75) is 32.6 Å². The highest BCUT2D eigenvalue weighted by atomic mass is 19.1. The van der Waals surface area contributed by atoms with E-state index < -0.39 is 0 Å². The Hall–Kier alpha value is -1.15. The minimum absolute atomic E-state index is 0.201. The van der Waals surface area contributed by atoms with Crippen molar-refractivity contribution >= 4 is 6.08 Å². The zero-order chi connectivity index (χ0) is 12.3. The van der Waals surface area contributed by atoms with Crippen molar-refractivity contribution in [3.63, 3.8) is 0 Å². The Morgan fingerprint density at radius 2 is 2.12 bits per heavy atom. The summed E-state index contributed by atoms with van der Waals surface area (Å²) in [5.41, 5.74) is 0.875. The molecule has 0 aliphatic rings. The molecular formula is C15H21FO. The van der Waals surface area contributed by atoms with Crippen LogP contribution in [0.4, 0.5) is 4.39 Å². The maximum Gasteiger partial charge on any atom is 0.123 e.